The van der Waals surface area contributed by atoms with E-state index in [0.717, 1.165) is 0 Å². The van der Waals surface area contributed by atoms with Gasteiger partial charge in [-0.3, -0.25) is 4.55 Å². The number of hydrogen-bond acceptors (Lipinski definition) is 9. The molecule has 122 valence electrons. The highest BCUT2D eigenvalue weighted by molar-refractivity contribution is 7.90. The van der Waals surface area contributed by atoms with Gasteiger partial charge in [0, 0.05) is 0 Å². The van der Waals surface area contributed by atoms with E-state index in [4.69, 9.17) is 24.2 Å². The van der Waals surface area contributed by atoms with Crippen molar-refractivity contribution in [1.82, 2.24) is 0 Å². The monoisotopic (exact) mass is 338 g/mol. The lowest BCUT2D eigenvalue weighted by Crippen LogP contribution is -2.30. The van der Waals surface area contributed by atoms with Gasteiger partial charge in [0.05, 0.1) is 44.5 Å². The largest absolute Gasteiger partial charge is 0.394 e. The van der Waals surface area contributed by atoms with Crippen LogP contribution in [0.2, 0.25) is 0 Å². The third-order valence-electron chi connectivity index (χ3n) is 1.73. The summed E-state index contributed by atoms with van der Waals surface area (Å²) >= 11 is 0. The van der Waals surface area contributed by atoms with Crippen molar-refractivity contribution in [3.63, 3.8) is 0 Å². The van der Waals surface area contributed by atoms with Crippen molar-refractivity contribution in [3.8, 4) is 0 Å². The Hall–Kier alpha value is -0.340. The molecule has 0 amide bonds. The highest BCUT2D eigenvalue weighted by Gasteiger charge is 2.22. The fourth-order valence-corrected chi connectivity index (χ4v) is 3.14. The third-order valence-corrected chi connectivity index (χ3v) is 3.92. The molecule has 3 N–H and O–H groups in total. The zero-order valence-electron chi connectivity index (χ0n) is 10.5. The summed E-state index contributed by atoms with van der Waals surface area (Å²) in [5.41, 5.74) is 0. The number of aliphatic hydroxyl groups excluding tert-OH is 2. The van der Waals surface area contributed by atoms with E-state index in [-0.39, 0.29) is 33.0 Å². The summed E-state index contributed by atoms with van der Waals surface area (Å²) in [6.45, 7) is -1.31. The molecule has 0 spiro atoms. The van der Waals surface area contributed by atoms with E-state index in [1.165, 1.54) is 0 Å². The molecule has 0 aromatic rings. The second-order valence-corrected chi connectivity index (χ2v) is 6.75. The summed E-state index contributed by atoms with van der Waals surface area (Å²) < 4.78 is 66.5. The second kappa shape index (κ2) is 9.57. The summed E-state index contributed by atoms with van der Waals surface area (Å²) in [6, 6.07) is 0. The van der Waals surface area contributed by atoms with Gasteiger partial charge in [0.15, 0.2) is 6.29 Å². The Kier molecular flexibility index (Phi) is 9.41. The van der Waals surface area contributed by atoms with Gasteiger partial charge >= 0.3 is 0 Å². The van der Waals surface area contributed by atoms with E-state index in [9.17, 15) is 16.8 Å². The predicted octanol–water partition coefficient (Wildman–Crippen LogP) is -2.44. The molecule has 0 aliphatic heterocycles. The molecule has 0 heterocycles. The molecule has 1 unspecified atom stereocenters. The van der Waals surface area contributed by atoms with E-state index < -0.39 is 38.0 Å². The molecular formula is C8H18O10S2. The SMILES string of the molecule is O=S(=O)(O)CCS(=O)(=O)OC(COCCO)OCCO. The highest BCUT2D eigenvalue weighted by Crippen LogP contribution is 2.05. The first kappa shape index (κ1) is 19.7. The minimum Gasteiger partial charge on any atom is -0.394 e. The molecule has 0 aromatic carbocycles. The average molecular weight is 338 g/mol. The molecule has 0 aliphatic rings. The van der Waals surface area contributed by atoms with Crippen LogP contribution in [0.15, 0.2) is 0 Å². The van der Waals surface area contributed by atoms with Crippen LogP contribution in [0, 0.1) is 0 Å². The molecule has 0 bridgehead atoms. The molecule has 0 radical (unpaired) electrons. The fraction of sp³-hybridized carbons (Fsp3) is 1.00. The van der Waals surface area contributed by atoms with Gasteiger partial charge in [0.1, 0.15) is 0 Å². The fourth-order valence-electron chi connectivity index (χ4n) is 0.951. The maximum absolute atomic E-state index is 11.4. The first-order valence-corrected chi connectivity index (χ1v) is 8.66. The summed E-state index contributed by atoms with van der Waals surface area (Å²) in [5, 5.41) is 17.1. The number of ether oxygens (including phenoxy) is 2. The zero-order valence-corrected chi connectivity index (χ0v) is 12.2. The molecule has 0 saturated carbocycles. The van der Waals surface area contributed by atoms with Crippen LogP contribution in [-0.2, 0) is 33.9 Å². The molecule has 0 saturated heterocycles. The van der Waals surface area contributed by atoms with Crippen LogP contribution >= 0.6 is 0 Å². The van der Waals surface area contributed by atoms with Crippen molar-refractivity contribution >= 4 is 20.2 Å². The average Bonchev–Trinajstić information content (AvgIpc) is 2.33. The van der Waals surface area contributed by atoms with Gasteiger partial charge in [-0.25, -0.2) is 4.18 Å². The van der Waals surface area contributed by atoms with Crippen LogP contribution in [0.1, 0.15) is 0 Å². The Labute approximate surface area is 117 Å². The quantitative estimate of drug-likeness (QED) is 0.151. The first-order chi connectivity index (χ1) is 9.20. The van der Waals surface area contributed by atoms with Crippen molar-refractivity contribution in [1.29, 1.82) is 0 Å². The van der Waals surface area contributed by atoms with E-state index >= 15 is 0 Å². The summed E-state index contributed by atoms with van der Waals surface area (Å²) in [6.07, 6.45) is -1.39. The van der Waals surface area contributed by atoms with Crippen LogP contribution in [0.5, 0.6) is 0 Å². The third kappa shape index (κ3) is 11.5. The number of rotatable bonds is 12. The predicted molar refractivity (Wildman–Crippen MR) is 66.0 cm³/mol. The van der Waals surface area contributed by atoms with Gasteiger partial charge in [-0.05, 0) is 0 Å². The summed E-state index contributed by atoms with van der Waals surface area (Å²) in [7, 11) is -8.71. The number of hydrogen-bond donors (Lipinski definition) is 3. The van der Waals surface area contributed by atoms with Gasteiger partial charge in [0.2, 0.25) is 0 Å². The van der Waals surface area contributed by atoms with E-state index in [1.54, 1.807) is 0 Å². The maximum Gasteiger partial charge on any atom is 0.271 e. The Morgan fingerprint density at radius 2 is 1.55 bits per heavy atom. The van der Waals surface area contributed by atoms with Gasteiger partial charge in [-0.1, -0.05) is 0 Å². The summed E-state index contributed by atoms with van der Waals surface area (Å²) in [4.78, 5) is 0. The number of aliphatic hydroxyl groups is 2. The van der Waals surface area contributed by atoms with Crippen LogP contribution in [0.4, 0.5) is 0 Å². The van der Waals surface area contributed by atoms with E-state index in [2.05, 4.69) is 4.18 Å². The molecular weight excluding hydrogens is 320 g/mol. The Morgan fingerprint density at radius 3 is 2.05 bits per heavy atom. The van der Waals surface area contributed by atoms with Crippen LogP contribution in [0.3, 0.4) is 0 Å². The summed E-state index contributed by atoms with van der Waals surface area (Å²) in [5.74, 6) is -1.97. The van der Waals surface area contributed by atoms with E-state index in [0.29, 0.717) is 0 Å². The molecule has 0 rings (SSSR count). The zero-order chi connectivity index (χ0) is 15.6. The molecule has 20 heavy (non-hydrogen) atoms. The van der Waals surface area contributed by atoms with Crippen molar-refractivity contribution in [2.24, 2.45) is 0 Å². The topological polar surface area (TPSA) is 157 Å². The molecule has 10 nitrogen and oxygen atoms in total. The van der Waals surface area contributed by atoms with Gasteiger partial charge in [0.25, 0.3) is 20.2 Å². The van der Waals surface area contributed by atoms with Crippen molar-refractivity contribution in [3.05, 3.63) is 0 Å². The molecule has 1 atom stereocenters. The first-order valence-electron chi connectivity index (χ1n) is 5.47. The smallest absolute Gasteiger partial charge is 0.271 e. The standard InChI is InChI=1S/C8H18O10S2/c9-1-3-16-7-8(17-4-2-10)18-20(14,15)6-5-19(11,12)13/h8-10H,1-7H2,(H,11,12,13). The Morgan fingerprint density at radius 1 is 0.950 bits per heavy atom. The minimum absolute atomic E-state index is 0.0760. The molecule has 0 aromatic heterocycles. The molecule has 12 heteroatoms. The Bertz CT molecular complexity index is 442. The highest BCUT2D eigenvalue weighted by atomic mass is 32.2. The Balaban J connectivity index is 4.43. The minimum atomic E-state index is -4.44. The van der Waals surface area contributed by atoms with Gasteiger partial charge in [-0.15, -0.1) is 0 Å². The van der Waals surface area contributed by atoms with Crippen LogP contribution in [-0.4, -0.2) is 82.4 Å². The van der Waals surface area contributed by atoms with Crippen LogP contribution < -0.4 is 0 Å². The lowest BCUT2D eigenvalue weighted by molar-refractivity contribution is -0.126. The normalized spacial score (nSPS) is 14.3. The van der Waals surface area contributed by atoms with Gasteiger partial charge in [-0.2, -0.15) is 16.8 Å². The lowest BCUT2D eigenvalue weighted by atomic mass is 10.6. The second-order valence-electron chi connectivity index (χ2n) is 3.47. The van der Waals surface area contributed by atoms with Crippen LogP contribution in [0.25, 0.3) is 0 Å². The molecule has 0 fully saturated rings. The molecule has 0 aliphatic carbocycles. The van der Waals surface area contributed by atoms with Gasteiger partial charge < -0.3 is 19.7 Å². The van der Waals surface area contributed by atoms with Crippen molar-refractivity contribution in [2.75, 3.05) is 44.5 Å². The van der Waals surface area contributed by atoms with Crippen molar-refractivity contribution < 1.29 is 45.3 Å². The van der Waals surface area contributed by atoms with E-state index in [1.807, 2.05) is 0 Å². The lowest BCUT2D eigenvalue weighted by Gasteiger charge is -2.17. The maximum atomic E-state index is 11.4. The van der Waals surface area contributed by atoms with Crippen molar-refractivity contribution in [2.45, 2.75) is 6.29 Å².